The highest BCUT2D eigenvalue weighted by Gasteiger charge is 1.55. The summed E-state index contributed by atoms with van der Waals surface area (Å²) in [6, 6.07) is 0. The molecule has 3 unspecified atom stereocenters. The van der Waals surface area contributed by atoms with E-state index >= 15 is 0 Å². The second-order valence-electron chi connectivity index (χ2n) is 0.333. The predicted molar refractivity (Wildman–Crippen MR) is 82.0 cm³/mol. The molecule has 0 aliphatic heterocycles. The Morgan fingerprint density at radius 2 is 0.909 bits per heavy atom. The fourth-order valence-electron chi connectivity index (χ4n) is 0. The minimum absolute atomic E-state index is 0. The molecule has 0 saturated carbocycles. The Kier molecular flexibility index (Phi) is 321. The molecule has 2 nitrogen and oxygen atoms in total. The van der Waals surface area contributed by atoms with Crippen molar-refractivity contribution in [3.63, 3.8) is 0 Å². The van der Waals surface area contributed by atoms with Crippen LogP contribution in [0.3, 0.4) is 0 Å². The van der Waals surface area contributed by atoms with Crippen LogP contribution in [0.5, 0.6) is 0 Å². The van der Waals surface area contributed by atoms with Crippen LogP contribution in [-0.4, -0.2) is 18.8 Å². The lowest BCUT2D eigenvalue weighted by Gasteiger charge is -1.69. The van der Waals surface area contributed by atoms with E-state index in [1.165, 1.54) is 0 Å². The summed E-state index contributed by atoms with van der Waals surface area (Å²) in [5, 5.41) is 0. The molecule has 0 saturated heterocycles. The fourth-order valence-corrected chi connectivity index (χ4v) is 0. The van der Waals surface area contributed by atoms with Crippen LogP contribution >= 0.6 is 63.9 Å². The van der Waals surface area contributed by atoms with Gasteiger partial charge in [-0.1, -0.05) is 21.6 Å². The van der Waals surface area contributed by atoms with Crippen LogP contribution in [0, 0.1) is 9.93 Å². The zero-order valence-electron chi connectivity index (χ0n) is 7.20. The SMILES string of the molecule is CS.CSSC.O=O.P.P.P. The summed E-state index contributed by atoms with van der Waals surface area (Å²) in [4.78, 5) is 14.0. The van der Waals surface area contributed by atoms with Crippen molar-refractivity contribution in [2.45, 2.75) is 0 Å². The van der Waals surface area contributed by atoms with Crippen LogP contribution in [0.15, 0.2) is 0 Å². The van der Waals surface area contributed by atoms with Crippen molar-refractivity contribution in [3.8, 4) is 0 Å². The van der Waals surface area contributed by atoms with E-state index in [0.29, 0.717) is 0 Å². The molecule has 0 heterocycles. The maximum absolute atomic E-state index is 7.00. The van der Waals surface area contributed by atoms with Gasteiger partial charge in [-0.15, -0.1) is 0 Å². The van der Waals surface area contributed by atoms with Crippen LogP contribution in [0.25, 0.3) is 0 Å². The van der Waals surface area contributed by atoms with Gasteiger partial charge in [0.15, 0.2) is 0 Å². The number of hydrogen-bond donors (Lipinski definition) is 1. The van der Waals surface area contributed by atoms with E-state index in [9.17, 15) is 0 Å². The Hall–Kier alpha value is 1.94. The fraction of sp³-hybridized carbons (Fsp3) is 1.00. The summed E-state index contributed by atoms with van der Waals surface area (Å²) in [6.07, 6.45) is 5.81. The maximum Gasteiger partial charge on any atom is 0 e. The van der Waals surface area contributed by atoms with Crippen molar-refractivity contribution in [2.75, 3.05) is 18.8 Å². The minimum Gasteiger partial charge on any atom is -0.183 e. The molecule has 3 atom stereocenters. The van der Waals surface area contributed by atoms with Gasteiger partial charge in [-0.25, -0.2) is 0 Å². The second-order valence-corrected chi connectivity index (χ2v) is 3.00. The molecule has 0 N–H and O–H groups in total. The highest BCUT2D eigenvalue weighted by molar-refractivity contribution is 8.76. The minimum atomic E-state index is 0. The van der Waals surface area contributed by atoms with Crippen molar-refractivity contribution >= 4 is 63.9 Å². The first kappa shape index (κ1) is 38.3. The largest absolute Gasteiger partial charge is 0.183 e. The second kappa shape index (κ2) is 92.1. The first-order chi connectivity index (χ1) is 3.91. The van der Waals surface area contributed by atoms with Gasteiger partial charge in [-0.2, -0.15) is 42.3 Å². The highest BCUT2D eigenvalue weighted by atomic mass is 33.1. The van der Waals surface area contributed by atoms with E-state index in [4.69, 9.17) is 9.93 Å². The van der Waals surface area contributed by atoms with Gasteiger partial charge in [0, 0.05) is 9.93 Å². The smallest absolute Gasteiger partial charge is 0 e. The van der Waals surface area contributed by atoms with Crippen molar-refractivity contribution in [3.05, 3.63) is 9.93 Å². The maximum atomic E-state index is 7.00. The molecule has 0 aromatic carbocycles. The normalized spacial score (nSPS) is 3.64. The van der Waals surface area contributed by atoms with Crippen LogP contribution in [-0.2, 0) is 0 Å². The van der Waals surface area contributed by atoms with Crippen molar-refractivity contribution in [1.29, 1.82) is 0 Å². The molecule has 0 aliphatic carbocycles. The molecule has 0 aliphatic rings. The molecule has 0 spiro atoms. The van der Waals surface area contributed by atoms with E-state index < -0.39 is 0 Å². The standard InChI is InChI=1S/C2H6S2.CH4S.O2.3H3P/c1-3-4-2;2*1-2;;;/h1-2H3;2H,1H3;;3*1H3. The van der Waals surface area contributed by atoms with E-state index in [-0.39, 0.29) is 29.7 Å². The molecule has 0 fully saturated rings. The molecule has 0 aromatic heterocycles. The molecule has 0 rings (SSSR count). The van der Waals surface area contributed by atoms with Gasteiger partial charge in [0.1, 0.15) is 0 Å². The molecule has 0 aromatic rings. The summed E-state index contributed by atoms with van der Waals surface area (Å²) in [6.45, 7) is 0. The van der Waals surface area contributed by atoms with Gasteiger partial charge in [-0.05, 0) is 18.8 Å². The van der Waals surface area contributed by atoms with Crippen molar-refractivity contribution in [2.24, 2.45) is 0 Å². The lowest BCUT2D eigenvalue weighted by molar-refractivity contribution is 2.51. The Morgan fingerprint density at radius 3 is 0.909 bits per heavy atom. The Balaban J connectivity index is -0.00000000813. The van der Waals surface area contributed by atoms with Crippen molar-refractivity contribution in [1.82, 2.24) is 0 Å². The van der Waals surface area contributed by atoms with Crippen LogP contribution in [0.4, 0.5) is 0 Å². The highest BCUT2D eigenvalue weighted by Crippen LogP contribution is 2.09. The van der Waals surface area contributed by atoms with Crippen molar-refractivity contribution < 1.29 is 0 Å². The van der Waals surface area contributed by atoms with Gasteiger partial charge in [-0.3, -0.25) is 0 Å². The van der Waals surface area contributed by atoms with E-state index in [1.807, 2.05) is 0 Å². The zero-order valence-corrected chi connectivity index (χ0v) is 14.0. The molecular formula is C3H19O2P3S3. The zero-order chi connectivity index (χ0) is 7.41. The summed E-state index contributed by atoms with van der Waals surface area (Å²) < 4.78 is 0. The van der Waals surface area contributed by atoms with E-state index in [0.717, 1.165) is 0 Å². The average molecular weight is 276 g/mol. The molecule has 76 valence electrons. The van der Waals surface area contributed by atoms with Gasteiger partial charge >= 0.3 is 0 Å². The third kappa shape index (κ3) is 136. The molecule has 0 amide bonds. The van der Waals surface area contributed by atoms with Crippen LogP contribution < -0.4 is 0 Å². The first-order valence-electron chi connectivity index (χ1n) is 1.60. The summed E-state index contributed by atoms with van der Waals surface area (Å²) >= 11 is 3.53. The van der Waals surface area contributed by atoms with Gasteiger partial charge < -0.3 is 0 Å². The molecule has 8 heteroatoms. The lowest BCUT2D eigenvalue weighted by Crippen LogP contribution is -1.28. The quantitative estimate of drug-likeness (QED) is 0.453. The molecular weight excluding hydrogens is 257 g/mol. The van der Waals surface area contributed by atoms with E-state index in [2.05, 4.69) is 25.1 Å². The van der Waals surface area contributed by atoms with Crippen LogP contribution in [0.2, 0.25) is 0 Å². The molecule has 0 bridgehead atoms. The van der Waals surface area contributed by atoms with Gasteiger partial charge in [0.2, 0.25) is 0 Å². The predicted octanol–water partition coefficient (Wildman–Crippen LogP) is 2.41. The Morgan fingerprint density at radius 1 is 0.818 bits per heavy atom. The lowest BCUT2D eigenvalue weighted by atomic mass is 12.0. The van der Waals surface area contributed by atoms with Gasteiger partial charge in [0.05, 0.1) is 0 Å². The number of rotatable bonds is 1. The summed E-state index contributed by atoms with van der Waals surface area (Å²) in [5.41, 5.74) is 0. The molecule has 11 heavy (non-hydrogen) atoms. The third-order valence-corrected chi connectivity index (χ3v) is 1.50. The van der Waals surface area contributed by atoms with Gasteiger partial charge in [0.25, 0.3) is 0 Å². The Labute approximate surface area is 92.5 Å². The van der Waals surface area contributed by atoms with E-state index in [1.54, 1.807) is 27.8 Å². The summed E-state index contributed by atoms with van der Waals surface area (Å²) in [7, 11) is 3.55. The monoisotopic (exact) mass is 276 g/mol. The number of thiol groups is 1. The summed E-state index contributed by atoms with van der Waals surface area (Å²) in [5.74, 6) is 0. The first-order valence-corrected chi connectivity index (χ1v) is 5.46. The average Bonchev–Trinajstić information content (AvgIpc) is 1.96. The topological polar surface area (TPSA) is 34.1 Å². The Bertz CT molecular complexity index is 29.3. The number of hydrogen-bond acceptors (Lipinski definition) is 5. The van der Waals surface area contributed by atoms with Crippen LogP contribution in [0.1, 0.15) is 0 Å². The third-order valence-electron chi connectivity index (χ3n) is 0.167. The molecule has 0 radical (unpaired) electrons.